The lowest BCUT2D eigenvalue weighted by Crippen LogP contribution is -2.09. The maximum absolute atomic E-state index is 13.6. The molecule has 0 radical (unpaired) electrons. The third kappa shape index (κ3) is 4.59. The summed E-state index contributed by atoms with van der Waals surface area (Å²) in [6.07, 6.45) is -1.16. The number of nitrogens with one attached hydrogen (secondary N) is 2. The van der Waals surface area contributed by atoms with Crippen LogP contribution in [0.25, 0.3) is 11.1 Å². The molecule has 27 heavy (non-hydrogen) atoms. The van der Waals surface area contributed by atoms with Crippen LogP contribution < -0.4 is 10.6 Å². The normalized spacial score (nSPS) is 10.5. The van der Waals surface area contributed by atoms with Gasteiger partial charge in [-0.3, -0.25) is 5.32 Å². The van der Waals surface area contributed by atoms with Crippen molar-refractivity contribution in [2.45, 2.75) is 6.92 Å². The Morgan fingerprint density at radius 3 is 2.52 bits per heavy atom. The number of benzene rings is 3. The Balaban J connectivity index is 1.93. The molecule has 0 aromatic heterocycles. The van der Waals surface area contributed by atoms with Crippen LogP contribution in [0.2, 0.25) is 5.02 Å². The van der Waals surface area contributed by atoms with Crippen LogP contribution in [0.3, 0.4) is 0 Å². The summed E-state index contributed by atoms with van der Waals surface area (Å²) in [4.78, 5) is 11.0. The highest BCUT2D eigenvalue weighted by molar-refractivity contribution is 9.10. The first kappa shape index (κ1) is 19.2. The monoisotopic (exact) mass is 448 g/mol. The van der Waals surface area contributed by atoms with E-state index in [1.54, 1.807) is 42.5 Å². The number of halogens is 3. The molecule has 0 unspecified atom stereocenters. The molecule has 0 bridgehead atoms. The van der Waals surface area contributed by atoms with Crippen molar-refractivity contribution in [3.8, 4) is 11.1 Å². The van der Waals surface area contributed by atoms with Crippen LogP contribution >= 0.6 is 27.5 Å². The van der Waals surface area contributed by atoms with Crippen LogP contribution in [0.5, 0.6) is 0 Å². The van der Waals surface area contributed by atoms with E-state index in [2.05, 4.69) is 26.6 Å². The summed E-state index contributed by atoms with van der Waals surface area (Å²) < 4.78 is 14.3. The van der Waals surface area contributed by atoms with E-state index in [9.17, 15) is 9.18 Å². The molecule has 3 aromatic carbocycles. The van der Waals surface area contributed by atoms with E-state index in [1.165, 1.54) is 12.1 Å². The van der Waals surface area contributed by atoms with Gasteiger partial charge >= 0.3 is 6.09 Å². The molecule has 0 aliphatic carbocycles. The fraction of sp³-hybridized carbons (Fsp3) is 0.0500. The average molecular weight is 450 g/mol. The van der Waals surface area contributed by atoms with Gasteiger partial charge in [0.2, 0.25) is 0 Å². The van der Waals surface area contributed by atoms with Crippen molar-refractivity contribution in [2.24, 2.45) is 0 Å². The van der Waals surface area contributed by atoms with E-state index in [1.807, 2.05) is 6.92 Å². The number of aryl methyl sites for hydroxylation is 1. The third-order valence-electron chi connectivity index (χ3n) is 3.96. The first-order valence-electron chi connectivity index (χ1n) is 7.96. The van der Waals surface area contributed by atoms with Crippen molar-refractivity contribution >= 4 is 50.7 Å². The highest BCUT2D eigenvalue weighted by atomic mass is 79.9. The molecular weight excluding hydrogens is 435 g/mol. The smallest absolute Gasteiger partial charge is 0.409 e. The number of hydrogen-bond donors (Lipinski definition) is 3. The Kier molecular flexibility index (Phi) is 5.68. The molecule has 0 fully saturated rings. The van der Waals surface area contributed by atoms with E-state index in [0.717, 1.165) is 21.2 Å². The zero-order valence-electron chi connectivity index (χ0n) is 14.2. The molecule has 0 saturated heterocycles. The van der Waals surface area contributed by atoms with Gasteiger partial charge in [-0.05, 0) is 60.5 Å². The fourth-order valence-corrected chi connectivity index (χ4v) is 3.34. The van der Waals surface area contributed by atoms with E-state index in [-0.39, 0.29) is 5.82 Å². The van der Waals surface area contributed by atoms with Crippen molar-refractivity contribution in [3.05, 3.63) is 75.5 Å². The largest absolute Gasteiger partial charge is 0.465 e. The molecule has 1 amide bonds. The summed E-state index contributed by atoms with van der Waals surface area (Å²) >= 11 is 9.74. The summed E-state index contributed by atoms with van der Waals surface area (Å²) in [6.45, 7) is 1.89. The lowest BCUT2D eigenvalue weighted by Gasteiger charge is -2.14. The van der Waals surface area contributed by atoms with Crippen molar-refractivity contribution in [1.29, 1.82) is 0 Å². The molecule has 0 atom stereocenters. The SMILES string of the molecule is Cc1ccc(F)cc1-c1ccc(Nc2ccc(Br)cc2NC(=O)O)cc1Cl. The highest BCUT2D eigenvalue weighted by Crippen LogP contribution is 2.35. The van der Waals surface area contributed by atoms with Gasteiger partial charge < -0.3 is 10.4 Å². The van der Waals surface area contributed by atoms with Crippen molar-refractivity contribution < 1.29 is 14.3 Å². The summed E-state index contributed by atoms with van der Waals surface area (Å²) in [6, 6.07) is 15.1. The average Bonchev–Trinajstić information content (AvgIpc) is 2.59. The minimum Gasteiger partial charge on any atom is -0.465 e. The lowest BCUT2D eigenvalue weighted by molar-refractivity contribution is 0.210. The van der Waals surface area contributed by atoms with Gasteiger partial charge in [0.1, 0.15) is 5.82 Å². The van der Waals surface area contributed by atoms with Crippen LogP contribution in [0.1, 0.15) is 5.56 Å². The van der Waals surface area contributed by atoms with Gasteiger partial charge in [0.05, 0.1) is 16.4 Å². The Bertz CT molecular complexity index is 1030. The second-order valence-electron chi connectivity index (χ2n) is 5.90. The molecule has 4 nitrogen and oxygen atoms in total. The summed E-state index contributed by atoms with van der Waals surface area (Å²) in [5.41, 5.74) is 4.01. The van der Waals surface area contributed by atoms with Crippen molar-refractivity contribution in [1.82, 2.24) is 0 Å². The van der Waals surface area contributed by atoms with Gasteiger partial charge in [-0.1, -0.05) is 39.7 Å². The van der Waals surface area contributed by atoms with E-state index in [0.29, 0.717) is 22.1 Å². The van der Waals surface area contributed by atoms with Crippen LogP contribution in [-0.2, 0) is 0 Å². The maximum Gasteiger partial charge on any atom is 0.409 e. The number of rotatable bonds is 4. The van der Waals surface area contributed by atoms with Gasteiger partial charge in [-0.15, -0.1) is 0 Å². The molecule has 3 aromatic rings. The molecule has 138 valence electrons. The van der Waals surface area contributed by atoms with Gasteiger partial charge in [-0.2, -0.15) is 0 Å². The standard InChI is InChI=1S/C20H15BrClFN2O2/c1-11-2-4-13(23)9-16(11)15-6-5-14(10-17(15)22)24-18-7-3-12(21)8-19(18)25-20(26)27/h2-10,24-25H,1H3,(H,26,27). The predicted octanol–water partition coefficient (Wildman–Crippen LogP) is 7.05. The van der Waals surface area contributed by atoms with Gasteiger partial charge in [-0.25, -0.2) is 9.18 Å². The molecule has 0 saturated carbocycles. The third-order valence-corrected chi connectivity index (χ3v) is 4.77. The number of anilines is 3. The summed E-state index contributed by atoms with van der Waals surface area (Å²) in [7, 11) is 0. The molecule has 0 aliphatic rings. The highest BCUT2D eigenvalue weighted by Gasteiger charge is 2.11. The number of amides is 1. The van der Waals surface area contributed by atoms with E-state index in [4.69, 9.17) is 16.7 Å². The van der Waals surface area contributed by atoms with Crippen molar-refractivity contribution in [2.75, 3.05) is 10.6 Å². The molecular formula is C20H15BrClFN2O2. The van der Waals surface area contributed by atoms with Crippen LogP contribution in [-0.4, -0.2) is 11.2 Å². The second kappa shape index (κ2) is 7.98. The Morgan fingerprint density at radius 1 is 1.04 bits per heavy atom. The molecule has 7 heteroatoms. The molecule has 0 aliphatic heterocycles. The van der Waals surface area contributed by atoms with Crippen LogP contribution in [0.4, 0.5) is 26.2 Å². The van der Waals surface area contributed by atoms with Crippen LogP contribution in [0, 0.1) is 12.7 Å². The number of carboxylic acid groups (broad SMARTS) is 1. The van der Waals surface area contributed by atoms with Crippen molar-refractivity contribution in [3.63, 3.8) is 0 Å². The number of carbonyl (C=O) groups is 1. The predicted molar refractivity (Wildman–Crippen MR) is 111 cm³/mol. The van der Waals surface area contributed by atoms with E-state index < -0.39 is 6.09 Å². The first-order chi connectivity index (χ1) is 12.8. The maximum atomic E-state index is 13.6. The molecule has 3 N–H and O–H groups in total. The zero-order chi connectivity index (χ0) is 19.6. The summed E-state index contributed by atoms with van der Waals surface area (Å²) in [5, 5.41) is 14.9. The molecule has 3 rings (SSSR count). The van der Waals surface area contributed by atoms with Gasteiger partial charge in [0.25, 0.3) is 0 Å². The van der Waals surface area contributed by atoms with E-state index >= 15 is 0 Å². The minimum absolute atomic E-state index is 0.326. The summed E-state index contributed by atoms with van der Waals surface area (Å²) in [5.74, 6) is -0.326. The Labute approximate surface area is 169 Å². The second-order valence-corrected chi connectivity index (χ2v) is 7.22. The lowest BCUT2D eigenvalue weighted by atomic mass is 10.00. The topological polar surface area (TPSA) is 61.4 Å². The minimum atomic E-state index is -1.16. The van der Waals surface area contributed by atoms with Crippen LogP contribution in [0.15, 0.2) is 59.1 Å². The molecule has 0 spiro atoms. The fourth-order valence-electron chi connectivity index (χ4n) is 2.70. The first-order valence-corrected chi connectivity index (χ1v) is 9.13. The number of hydrogen-bond acceptors (Lipinski definition) is 2. The Hall–Kier alpha value is -2.57. The Morgan fingerprint density at radius 2 is 1.81 bits per heavy atom. The zero-order valence-corrected chi connectivity index (χ0v) is 16.5. The molecule has 0 heterocycles. The van der Waals surface area contributed by atoms with Gasteiger partial charge in [0, 0.05) is 15.7 Å². The van der Waals surface area contributed by atoms with Gasteiger partial charge in [0.15, 0.2) is 0 Å². The quantitative estimate of drug-likeness (QED) is 0.400.